The summed E-state index contributed by atoms with van der Waals surface area (Å²) in [7, 11) is 0. The van der Waals surface area contributed by atoms with Crippen LogP contribution < -0.4 is 10.9 Å². The van der Waals surface area contributed by atoms with E-state index >= 15 is 0 Å². The lowest BCUT2D eigenvalue weighted by Crippen LogP contribution is -2.38. The highest BCUT2D eigenvalue weighted by molar-refractivity contribution is 5.38. The number of alkyl halides is 3. The van der Waals surface area contributed by atoms with Crippen molar-refractivity contribution in [3.63, 3.8) is 0 Å². The van der Waals surface area contributed by atoms with Crippen LogP contribution in [-0.2, 0) is 23.8 Å². The van der Waals surface area contributed by atoms with Gasteiger partial charge in [-0.1, -0.05) is 0 Å². The van der Waals surface area contributed by atoms with Gasteiger partial charge >= 0.3 is 6.18 Å². The molecule has 1 fully saturated rings. The molecule has 3 heterocycles. The van der Waals surface area contributed by atoms with Crippen LogP contribution in [0.5, 0.6) is 0 Å². The zero-order chi connectivity index (χ0) is 19.0. The summed E-state index contributed by atoms with van der Waals surface area (Å²) in [6.07, 6.45) is 0.199. The van der Waals surface area contributed by atoms with Crippen molar-refractivity contribution >= 4 is 5.82 Å². The first-order chi connectivity index (χ1) is 12.9. The van der Waals surface area contributed by atoms with Crippen molar-refractivity contribution in [2.24, 2.45) is 0 Å². The summed E-state index contributed by atoms with van der Waals surface area (Å²) in [5.74, 6) is 0.300. The Kier molecular flexibility index (Phi) is 4.63. The predicted octanol–water partition coefficient (Wildman–Crippen LogP) is 2.59. The fraction of sp³-hybridized carbons (Fsp3) is 0.500. The Balaban J connectivity index is 1.55. The normalized spacial score (nSPS) is 22.5. The van der Waals surface area contributed by atoms with Crippen LogP contribution in [0.4, 0.5) is 19.0 Å². The smallest absolute Gasteiger partial charge is 0.377 e. The number of halogens is 3. The van der Waals surface area contributed by atoms with Crippen molar-refractivity contribution in [1.29, 1.82) is 0 Å². The van der Waals surface area contributed by atoms with Crippen molar-refractivity contribution in [2.45, 2.75) is 43.9 Å². The lowest BCUT2D eigenvalue weighted by Gasteiger charge is -2.23. The highest BCUT2D eigenvalue weighted by Gasteiger charge is 2.33. The van der Waals surface area contributed by atoms with E-state index in [0.29, 0.717) is 19.0 Å². The average molecular weight is 380 g/mol. The molecule has 9 heteroatoms. The van der Waals surface area contributed by atoms with Crippen LogP contribution in [0.25, 0.3) is 0 Å². The van der Waals surface area contributed by atoms with Crippen LogP contribution in [0, 0.1) is 0 Å². The Hall–Kier alpha value is -2.42. The minimum absolute atomic E-state index is 0.182. The van der Waals surface area contributed by atoms with Gasteiger partial charge in [-0.25, -0.2) is 9.67 Å². The highest BCUT2D eigenvalue weighted by atomic mass is 19.4. The molecule has 0 aromatic carbocycles. The number of pyridine rings is 1. The maximum atomic E-state index is 12.7. The van der Waals surface area contributed by atoms with Crippen LogP contribution in [0.3, 0.4) is 0 Å². The summed E-state index contributed by atoms with van der Waals surface area (Å²) in [6.45, 7) is 0.628. The lowest BCUT2D eigenvalue weighted by atomic mass is 9.97. The van der Waals surface area contributed by atoms with E-state index in [1.807, 2.05) is 0 Å². The molecule has 0 amide bonds. The molecular formula is C18H19F3N4O2. The fourth-order valence-electron chi connectivity index (χ4n) is 3.57. The summed E-state index contributed by atoms with van der Waals surface area (Å²) in [5.41, 5.74) is 0.965. The second kappa shape index (κ2) is 6.95. The number of nitrogens with zero attached hydrogens (tertiary/aromatic N) is 3. The van der Waals surface area contributed by atoms with Gasteiger partial charge in [0.05, 0.1) is 30.5 Å². The molecule has 1 N–H and O–H groups in total. The maximum absolute atomic E-state index is 12.7. The minimum atomic E-state index is -4.43. The number of anilines is 1. The van der Waals surface area contributed by atoms with Gasteiger partial charge in [0.25, 0.3) is 5.56 Å². The first-order valence-corrected chi connectivity index (χ1v) is 8.91. The summed E-state index contributed by atoms with van der Waals surface area (Å²) >= 11 is 0. The van der Waals surface area contributed by atoms with E-state index in [1.165, 1.54) is 10.7 Å². The topological polar surface area (TPSA) is 69.0 Å². The largest absolute Gasteiger partial charge is 0.417 e. The predicted molar refractivity (Wildman–Crippen MR) is 91.6 cm³/mol. The second-order valence-corrected chi connectivity index (χ2v) is 6.89. The molecule has 2 atom stereocenters. The first kappa shape index (κ1) is 18.0. The van der Waals surface area contributed by atoms with E-state index in [0.717, 1.165) is 49.2 Å². The van der Waals surface area contributed by atoms with Gasteiger partial charge in [-0.2, -0.15) is 18.3 Å². The number of hydrogen-bond donors (Lipinski definition) is 1. The Morgan fingerprint density at radius 1 is 1.19 bits per heavy atom. The van der Waals surface area contributed by atoms with Crippen molar-refractivity contribution in [3.05, 3.63) is 51.6 Å². The van der Waals surface area contributed by atoms with E-state index < -0.39 is 11.7 Å². The number of rotatable bonds is 3. The molecule has 2 aromatic rings. The van der Waals surface area contributed by atoms with Gasteiger partial charge in [-0.3, -0.25) is 4.79 Å². The van der Waals surface area contributed by atoms with E-state index in [-0.39, 0.29) is 17.6 Å². The van der Waals surface area contributed by atoms with Gasteiger partial charge < -0.3 is 10.1 Å². The Labute approximate surface area is 153 Å². The van der Waals surface area contributed by atoms with Crippen molar-refractivity contribution < 1.29 is 17.9 Å². The van der Waals surface area contributed by atoms with E-state index in [1.54, 1.807) is 6.07 Å². The molecule has 1 aliphatic carbocycles. The number of fused-ring (bicyclic) bond motifs is 1. The van der Waals surface area contributed by atoms with Crippen molar-refractivity contribution in [2.75, 3.05) is 18.5 Å². The number of hydrogen-bond acceptors (Lipinski definition) is 5. The Morgan fingerprint density at radius 2 is 2.00 bits per heavy atom. The van der Waals surface area contributed by atoms with Crippen LogP contribution >= 0.6 is 0 Å². The summed E-state index contributed by atoms with van der Waals surface area (Å²) in [4.78, 5) is 16.3. The summed E-state index contributed by atoms with van der Waals surface area (Å²) in [5, 5.41) is 7.62. The lowest BCUT2D eigenvalue weighted by molar-refractivity contribution is -0.137. The second-order valence-electron chi connectivity index (χ2n) is 6.89. The number of ether oxygens (including phenoxy) is 1. The van der Waals surface area contributed by atoms with E-state index in [9.17, 15) is 18.0 Å². The summed E-state index contributed by atoms with van der Waals surface area (Å²) < 4.78 is 44.9. The molecule has 0 bridgehead atoms. The molecule has 2 unspecified atom stereocenters. The molecule has 1 saturated heterocycles. The maximum Gasteiger partial charge on any atom is 0.417 e. The monoisotopic (exact) mass is 380 g/mol. The number of nitrogens with one attached hydrogen (secondary N) is 1. The van der Waals surface area contributed by atoms with Gasteiger partial charge in [0.2, 0.25) is 0 Å². The molecule has 27 heavy (non-hydrogen) atoms. The van der Waals surface area contributed by atoms with Gasteiger partial charge in [0, 0.05) is 12.3 Å². The molecule has 0 radical (unpaired) electrons. The zero-order valence-corrected chi connectivity index (χ0v) is 14.5. The average Bonchev–Trinajstić information content (AvgIpc) is 3.08. The molecule has 4 rings (SSSR count). The van der Waals surface area contributed by atoms with Gasteiger partial charge in [0.1, 0.15) is 11.9 Å². The van der Waals surface area contributed by atoms with Gasteiger partial charge in [-0.05, 0) is 43.4 Å². The SMILES string of the molecule is O=c1cc2c(nn1C1COCC1Nc1ccc(C(F)(F)F)cn1)CCCC2. The third-order valence-electron chi connectivity index (χ3n) is 5.02. The molecule has 1 aliphatic heterocycles. The minimum Gasteiger partial charge on any atom is -0.377 e. The molecular weight excluding hydrogens is 361 g/mol. The van der Waals surface area contributed by atoms with Crippen LogP contribution in [0.1, 0.15) is 35.7 Å². The standard InChI is InChI=1S/C18H19F3N4O2/c19-18(20,21)12-5-6-16(22-8-12)23-14-9-27-10-15(14)25-17(26)7-11-3-1-2-4-13(11)24-25/h5-8,14-15H,1-4,9-10H2,(H,22,23). The van der Waals surface area contributed by atoms with E-state index in [4.69, 9.17) is 4.74 Å². The summed E-state index contributed by atoms with van der Waals surface area (Å²) in [6, 6.07) is 3.26. The van der Waals surface area contributed by atoms with Crippen LogP contribution in [-0.4, -0.2) is 34.0 Å². The van der Waals surface area contributed by atoms with Gasteiger partial charge in [-0.15, -0.1) is 0 Å². The van der Waals surface area contributed by atoms with Crippen LogP contribution in [0.15, 0.2) is 29.2 Å². The quantitative estimate of drug-likeness (QED) is 0.887. The fourth-order valence-corrected chi connectivity index (χ4v) is 3.57. The molecule has 0 saturated carbocycles. The molecule has 0 spiro atoms. The zero-order valence-electron chi connectivity index (χ0n) is 14.5. The van der Waals surface area contributed by atoms with Crippen molar-refractivity contribution in [1.82, 2.24) is 14.8 Å². The molecule has 144 valence electrons. The highest BCUT2D eigenvalue weighted by Crippen LogP contribution is 2.29. The third-order valence-corrected chi connectivity index (χ3v) is 5.02. The Morgan fingerprint density at radius 3 is 2.74 bits per heavy atom. The van der Waals surface area contributed by atoms with Crippen molar-refractivity contribution in [3.8, 4) is 0 Å². The number of aryl methyl sites for hydroxylation is 2. The first-order valence-electron chi connectivity index (χ1n) is 8.91. The molecule has 2 aliphatic rings. The molecule has 2 aromatic heterocycles. The Bertz CT molecular complexity index is 880. The molecule has 6 nitrogen and oxygen atoms in total. The van der Waals surface area contributed by atoms with Crippen LogP contribution in [0.2, 0.25) is 0 Å². The number of aromatic nitrogens is 3. The van der Waals surface area contributed by atoms with E-state index in [2.05, 4.69) is 15.4 Å². The third kappa shape index (κ3) is 3.69. The van der Waals surface area contributed by atoms with Gasteiger partial charge in [0.15, 0.2) is 0 Å².